The van der Waals surface area contributed by atoms with Gasteiger partial charge in [0.2, 0.25) is 0 Å². The summed E-state index contributed by atoms with van der Waals surface area (Å²) in [6, 6.07) is 8.39. The van der Waals surface area contributed by atoms with Gasteiger partial charge in [-0.3, -0.25) is 4.79 Å². The number of rotatable bonds is 4. The summed E-state index contributed by atoms with van der Waals surface area (Å²) in [7, 11) is 0. The van der Waals surface area contributed by atoms with Crippen LogP contribution in [0.5, 0.6) is 0 Å². The van der Waals surface area contributed by atoms with Gasteiger partial charge in [0, 0.05) is 22.7 Å². The number of hydrogen-bond acceptors (Lipinski definition) is 3. The van der Waals surface area contributed by atoms with Crippen LogP contribution in [0.4, 0.5) is 0 Å². The van der Waals surface area contributed by atoms with Crippen molar-refractivity contribution in [3.8, 4) is 0 Å². The third kappa shape index (κ3) is 6.94. The second kappa shape index (κ2) is 9.60. The van der Waals surface area contributed by atoms with Gasteiger partial charge in [-0.25, -0.2) is 0 Å². The number of benzene rings is 1. The first-order valence-electron chi connectivity index (χ1n) is 9.62. The number of amides is 1. The summed E-state index contributed by atoms with van der Waals surface area (Å²) in [6.45, 7) is 11.1. The highest BCUT2D eigenvalue weighted by molar-refractivity contribution is 5.94. The lowest BCUT2D eigenvalue weighted by Gasteiger charge is -2.46. The van der Waals surface area contributed by atoms with E-state index in [4.69, 9.17) is 0 Å². The monoisotopic (exact) mass is 415 g/mol. The van der Waals surface area contributed by atoms with Crippen LogP contribution >= 0.6 is 24.8 Å². The van der Waals surface area contributed by atoms with Crippen molar-refractivity contribution >= 4 is 30.7 Å². The minimum Gasteiger partial charge on any atom is -0.349 e. The number of carbonyl (C=O) groups is 1. The van der Waals surface area contributed by atoms with Gasteiger partial charge >= 0.3 is 0 Å². The number of hydrogen-bond donors (Lipinski definition) is 3. The molecule has 0 bridgehead atoms. The van der Waals surface area contributed by atoms with Crippen molar-refractivity contribution in [1.29, 1.82) is 0 Å². The van der Waals surface area contributed by atoms with Gasteiger partial charge in [0.15, 0.2) is 0 Å². The van der Waals surface area contributed by atoms with E-state index in [2.05, 4.69) is 55.8 Å². The highest BCUT2D eigenvalue weighted by atomic mass is 35.5. The predicted octanol–water partition coefficient (Wildman–Crippen LogP) is 3.72. The molecule has 154 valence electrons. The molecule has 3 N–H and O–H groups in total. The third-order valence-corrected chi connectivity index (χ3v) is 5.43. The topological polar surface area (TPSA) is 53.2 Å². The molecular formula is C21H35Cl2N3O. The van der Waals surface area contributed by atoms with E-state index in [9.17, 15) is 4.79 Å². The number of carbonyl (C=O) groups excluding carboxylic acids is 1. The van der Waals surface area contributed by atoms with E-state index in [1.165, 1.54) is 12.0 Å². The Bertz CT molecular complexity index is 594. The Labute approximate surface area is 176 Å². The fraction of sp³-hybridized carbons (Fsp3) is 0.667. The fourth-order valence-corrected chi connectivity index (χ4v) is 4.71. The molecule has 1 atom stereocenters. The van der Waals surface area contributed by atoms with E-state index >= 15 is 0 Å². The summed E-state index contributed by atoms with van der Waals surface area (Å²) in [5, 5.41) is 10.3. The predicted molar refractivity (Wildman–Crippen MR) is 117 cm³/mol. The van der Waals surface area contributed by atoms with Crippen LogP contribution in [0.15, 0.2) is 24.3 Å². The molecule has 3 rings (SSSR count). The van der Waals surface area contributed by atoms with Crippen LogP contribution in [-0.2, 0) is 6.42 Å². The van der Waals surface area contributed by atoms with Crippen LogP contribution in [0.2, 0.25) is 0 Å². The standard InChI is InChI=1S/C21H33N3O.2ClH/c1-20(2)12-18(13-21(3,4)24-20)23-19(25)17-7-5-15(6-8-17)11-16-9-10-22-14-16;;/h5-8,16,18,22,24H,9-14H2,1-4H3,(H,23,25);2*1H. The van der Waals surface area contributed by atoms with E-state index in [1.54, 1.807) is 0 Å². The van der Waals surface area contributed by atoms with Crippen molar-refractivity contribution < 1.29 is 4.79 Å². The van der Waals surface area contributed by atoms with Crippen LogP contribution < -0.4 is 16.0 Å². The fourth-order valence-electron chi connectivity index (χ4n) is 4.71. The highest BCUT2D eigenvalue weighted by Gasteiger charge is 2.38. The second-order valence-electron chi connectivity index (χ2n) is 9.23. The van der Waals surface area contributed by atoms with E-state index in [0.29, 0.717) is 0 Å². The minimum atomic E-state index is 0. The van der Waals surface area contributed by atoms with Crippen LogP contribution in [-0.4, -0.2) is 36.1 Å². The van der Waals surface area contributed by atoms with Crippen molar-refractivity contribution in [2.75, 3.05) is 13.1 Å². The van der Waals surface area contributed by atoms with Gasteiger partial charge < -0.3 is 16.0 Å². The maximum absolute atomic E-state index is 12.6. The molecule has 1 aromatic rings. The molecule has 0 aromatic heterocycles. The Balaban J connectivity index is 0.00000182. The molecule has 1 unspecified atom stereocenters. The van der Waals surface area contributed by atoms with Crippen molar-refractivity contribution in [3.63, 3.8) is 0 Å². The molecule has 2 fully saturated rings. The SMILES string of the molecule is CC1(C)CC(NC(=O)c2ccc(CC3CCNC3)cc2)CC(C)(C)N1.Cl.Cl. The Morgan fingerprint density at radius 1 is 1.07 bits per heavy atom. The number of piperidine rings is 1. The molecule has 2 aliphatic heterocycles. The molecule has 27 heavy (non-hydrogen) atoms. The zero-order valence-electron chi connectivity index (χ0n) is 16.9. The van der Waals surface area contributed by atoms with Gasteiger partial charge in [0.05, 0.1) is 0 Å². The zero-order valence-corrected chi connectivity index (χ0v) is 18.6. The average molecular weight is 416 g/mol. The first-order chi connectivity index (χ1) is 11.7. The number of nitrogens with one attached hydrogen (secondary N) is 3. The van der Waals surface area contributed by atoms with E-state index in [-0.39, 0.29) is 47.8 Å². The number of halogens is 2. The minimum absolute atomic E-state index is 0. The molecule has 2 saturated heterocycles. The molecule has 0 saturated carbocycles. The van der Waals surface area contributed by atoms with Crippen molar-refractivity contribution in [2.45, 2.75) is 70.5 Å². The molecule has 0 aliphatic carbocycles. The van der Waals surface area contributed by atoms with Crippen LogP contribution in [0.25, 0.3) is 0 Å². The quantitative estimate of drug-likeness (QED) is 0.701. The molecule has 2 aliphatic rings. The zero-order chi connectivity index (χ0) is 18.1. The molecule has 1 amide bonds. The van der Waals surface area contributed by atoms with Crippen LogP contribution in [0, 0.1) is 5.92 Å². The summed E-state index contributed by atoms with van der Waals surface area (Å²) < 4.78 is 0. The molecule has 6 heteroatoms. The summed E-state index contributed by atoms with van der Waals surface area (Å²) in [5.74, 6) is 0.784. The van der Waals surface area contributed by atoms with Crippen molar-refractivity contribution in [1.82, 2.24) is 16.0 Å². The largest absolute Gasteiger partial charge is 0.349 e. The Morgan fingerprint density at radius 3 is 2.19 bits per heavy atom. The summed E-state index contributed by atoms with van der Waals surface area (Å²) in [6.07, 6.45) is 4.26. The summed E-state index contributed by atoms with van der Waals surface area (Å²) >= 11 is 0. The van der Waals surface area contributed by atoms with Crippen molar-refractivity contribution in [2.24, 2.45) is 5.92 Å². The van der Waals surface area contributed by atoms with Crippen LogP contribution in [0.3, 0.4) is 0 Å². The molecule has 0 radical (unpaired) electrons. The van der Waals surface area contributed by atoms with E-state index in [1.807, 2.05) is 12.1 Å². The lowest BCUT2D eigenvalue weighted by molar-refractivity contribution is 0.0873. The Kier molecular flexibility index (Phi) is 8.61. The average Bonchev–Trinajstić information content (AvgIpc) is 2.97. The van der Waals surface area contributed by atoms with E-state index < -0.39 is 0 Å². The summed E-state index contributed by atoms with van der Waals surface area (Å²) in [5.41, 5.74) is 2.18. The molecule has 0 spiro atoms. The molecule has 1 aromatic carbocycles. The Morgan fingerprint density at radius 2 is 1.67 bits per heavy atom. The Hall–Kier alpha value is -0.810. The lowest BCUT2D eigenvalue weighted by Crippen LogP contribution is -2.62. The maximum atomic E-state index is 12.6. The molecular weight excluding hydrogens is 381 g/mol. The second-order valence-corrected chi connectivity index (χ2v) is 9.23. The first-order valence-corrected chi connectivity index (χ1v) is 9.62. The van der Waals surface area contributed by atoms with Gasteiger partial charge in [0.1, 0.15) is 0 Å². The smallest absolute Gasteiger partial charge is 0.251 e. The lowest BCUT2D eigenvalue weighted by atomic mass is 9.79. The maximum Gasteiger partial charge on any atom is 0.251 e. The summed E-state index contributed by atoms with van der Waals surface area (Å²) in [4.78, 5) is 12.6. The molecule has 4 nitrogen and oxygen atoms in total. The van der Waals surface area contributed by atoms with Gasteiger partial charge in [-0.15, -0.1) is 24.8 Å². The molecule has 2 heterocycles. The highest BCUT2D eigenvalue weighted by Crippen LogP contribution is 2.28. The van der Waals surface area contributed by atoms with Crippen LogP contribution in [0.1, 0.15) is 62.9 Å². The first kappa shape index (κ1) is 24.2. The van der Waals surface area contributed by atoms with Gasteiger partial charge in [0.25, 0.3) is 5.91 Å². The van der Waals surface area contributed by atoms with Gasteiger partial charge in [-0.2, -0.15) is 0 Å². The normalized spacial score (nSPS) is 23.8. The van der Waals surface area contributed by atoms with Gasteiger partial charge in [-0.1, -0.05) is 12.1 Å². The van der Waals surface area contributed by atoms with Crippen molar-refractivity contribution in [3.05, 3.63) is 35.4 Å². The van der Waals surface area contributed by atoms with E-state index in [0.717, 1.165) is 43.8 Å². The van der Waals surface area contributed by atoms with Gasteiger partial charge in [-0.05, 0) is 90.1 Å². The third-order valence-electron chi connectivity index (χ3n) is 5.43.